The Bertz CT molecular complexity index is 774. The van der Waals surface area contributed by atoms with E-state index < -0.39 is 5.60 Å². The number of amides is 2. The Morgan fingerprint density at radius 1 is 1.25 bits per heavy atom. The Morgan fingerprint density at radius 3 is 2.46 bits per heavy atom. The topological polar surface area (TPSA) is 67.9 Å². The molecule has 0 aromatic heterocycles. The van der Waals surface area contributed by atoms with Crippen molar-refractivity contribution < 1.29 is 19.1 Å². The van der Waals surface area contributed by atoms with Crippen molar-refractivity contribution in [3.63, 3.8) is 0 Å². The first-order valence-corrected chi connectivity index (χ1v) is 10.1. The fraction of sp³-hybridized carbons (Fsp3) is 0.636. The third-order valence-electron chi connectivity index (χ3n) is 5.31. The van der Waals surface area contributed by atoms with Crippen LogP contribution in [0, 0.1) is 6.92 Å². The summed E-state index contributed by atoms with van der Waals surface area (Å²) in [6, 6.07) is 2.02. The van der Waals surface area contributed by atoms with Crippen LogP contribution in [0.5, 0.6) is 5.75 Å². The summed E-state index contributed by atoms with van der Waals surface area (Å²) in [4.78, 5) is 25.7. The minimum absolute atomic E-state index is 0.0943. The maximum Gasteiger partial charge on any atom is 0.410 e. The molecule has 0 spiro atoms. The molecule has 154 valence electrons. The van der Waals surface area contributed by atoms with Gasteiger partial charge in [0.15, 0.2) is 0 Å². The average Bonchev–Trinajstić information content (AvgIpc) is 2.94. The van der Waals surface area contributed by atoms with Crippen LogP contribution in [0.2, 0.25) is 0 Å². The molecular weight excluding hydrogens is 356 g/mol. The third-order valence-corrected chi connectivity index (χ3v) is 5.31. The number of hydrogen-bond donors (Lipinski definition) is 1. The Hall–Kier alpha value is -2.24. The predicted molar refractivity (Wildman–Crippen MR) is 109 cm³/mol. The molecular formula is C22H32N2O4. The van der Waals surface area contributed by atoms with Gasteiger partial charge >= 0.3 is 6.09 Å². The number of benzene rings is 1. The number of ether oxygens (including phenoxy) is 2. The summed E-state index contributed by atoms with van der Waals surface area (Å²) < 4.78 is 11.5. The van der Waals surface area contributed by atoms with Gasteiger partial charge in [-0.05, 0) is 70.6 Å². The SMILES string of the molecule is CC(=O)Nc1cc(C)c(C2CCN(C(=O)OC(C)(C)C)CC2)c2c1OC(C)C2. The molecule has 2 heterocycles. The fourth-order valence-electron chi connectivity index (χ4n) is 4.28. The molecule has 1 saturated heterocycles. The first-order valence-electron chi connectivity index (χ1n) is 10.1. The molecule has 6 heteroatoms. The molecule has 1 N–H and O–H groups in total. The quantitative estimate of drug-likeness (QED) is 0.816. The predicted octanol–water partition coefficient (Wildman–Crippen LogP) is 4.39. The number of nitrogens with zero attached hydrogens (tertiary/aromatic N) is 1. The molecule has 2 aliphatic rings. The number of nitrogens with one attached hydrogen (secondary N) is 1. The summed E-state index contributed by atoms with van der Waals surface area (Å²) in [5.41, 5.74) is 4.01. The highest BCUT2D eigenvalue weighted by Gasteiger charge is 2.33. The Kier molecular flexibility index (Phi) is 5.60. The van der Waals surface area contributed by atoms with E-state index in [4.69, 9.17) is 9.47 Å². The lowest BCUT2D eigenvalue weighted by Gasteiger charge is -2.34. The molecule has 1 aromatic carbocycles. The minimum Gasteiger partial charge on any atom is -0.488 e. The number of piperidine rings is 1. The second-order valence-electron chi connectivity index (χ2n) is 9.02. The molecule has 0 bridgehead atoms. The molecule has 1 atom stereocenters. The normalized spacial score (nSPS) is 19.8. The van der Waals surface area contributed by atoms with Crippen molar-refractivity contribution in [2.24, 2.45) is 0 Å². The average molecular weight is 389 g/mol. The maximum absolute atomic E-state index is 12.3. The van der Waals surface area contributed by atoms with Gasteiger partial charge in [-0.25, -0.2) is 4.79 Å². The first kappa shape index (κ1) is 20.5. The van der Waals surface area contributed by atoms with Crippen molar-refractivity contribution in [3.8, 4) is 5.75 Å². The van der Waals surface area contributed by atoms with Crippen LogP contribution in [0.4, 0.5) is 10.5 Å². The van der Waals surface area contributed by atoms with Gasteiger partial charge in [0.1, 0.15) is 17.5 Å². The summed E-state index contributed by atoms with van der Waals surface area (Å²) in [5, 5.41) is 2.91. The zero-order valence-electron chi connectivity index (χ0n) is 17.8. The van der Waals surface area contributed by atoms with Gasteiger partial charge in [-0.15, -0.1) is 0 Å². The van der Waals surface area contributed by atoms with E-state index in [1.807, 2.05) is 31.7 Å². The number of carbonyl (C=O) groups excluding carboxylic acids is 2. The zero-order valence-corrected chi connectivity index (χ0v) is 17.8. The number of rotatable bonds is 2. The lowest BCUT2D eigenvalue weighted by molar-refractivity contribution is -0.114. The van der Waals surface area contributed by atoms with Crippen molar-refractivity contribution in [3.05, 3.63) is 22.8 Å². The van der Waals surface area contributed by atoms with E-state index in [0.717, 1.165) is 30.7 Å². The van der Waals surface area contributed by atoms with Crippen LogP contribution in [-0.4, -0.2) is 41.7 Å². The van der Waals surface area contributed by atoms with Gasteiger partial charge in [0.2, 0.25) is 5.91 Å². The Labute approximate surface area is 167 Å². The van der Waals surface area contributed by atoms with Crippen LogP contribution in [0.1, 0.15) is 70.1 Å². The highest BCUT2D eigenvalue weighted by Crippen LogP contribution is 2.45. The second kappa shape index (κ2) is 7.64. The second-order valence-corrected chi connectivity index (χ2v) is 9.02. The smallest absolute Gasteiger partial charge is 0.410 e. The molecule has 2 aliphatic heterocycles. The number of hydrogen-bond acceptors (Lipinski definition) is 4. The molecule has 1 unspecified atom stereocenters. The summed E-state index contributed by atoms with van der Waals surface area (Å²) in [6.07, 6.45) is 2.53. The third kappa shape index (κ3) is 4.42. The van der Waals surface area contributed by atoms with Gasteiger partial charge in [0, 0.05) is 32.0 Å². The first-order chi connectivity index (χ1) is 13.0. The van der Waals surface area contributed by atoms with E-state index >= 15 is 0 Å². The molecule has 0 radical (unpaired) electrons. The van der Waals surface area contributed by atoms with Gasteiger partial charge < -0.3 is 19.7 Å². The lowest BCUT2D eigenvalue weighted by Crippen LogP contribution is -2.41. The Balaban J connectivity index is 1.79. The van der Waals surface area contributed by atoms with Gasteiger partial charge in [-0.1, -0.05) is 0 Å². The molecule has 6 nitrogen and oxygen atoms in total. The molecule has 28 heavy (non-hydrogen) atoms. The van der Waals surface area contributed by atoms with Crippen molar-refractivity contribution in [1.29, 1.82) is 0 Å². The van der Waals surface area contributed by atoms with Crippen LogP contribution in [-0.2, 0) is 16.0 Å². The Morgan fingerprint density at radius 2 is 1.89 bits per heavy atom. The van der Waals surface area contributed by atoms with Crippen LogP contribution in [0.15, 0.2) is 6.07 Å². The largest absolute Gasteiger partial charge is 0.488 e. The maximum atomic E-state index is 12.3. The van der Waals surface area contributed by atoms with E-state index in [0.29, 0.717) is 19.0 Å². The summed E-state index contributed by atoms with van der Waals surface area (Å²) >= 11 is 0. The van der Waals surface area contributed by atoms with Crippen LogP contribution < -0.4 is 10.1 Å². The van der Waals surface area contributed by atoms with E-state index in [-0.39, 0.29) is 18.1 Å². The van der Waals surface area contributed by atoms with E-state index in [1.54, 1.807) is 0 Å². The van der Waals surface area contributed by atoms with Crippen molar-refractivity contribution in [1.82, 2.24) is 4.90 Å². The number of fused-ring (bicyclic) bond motifs is 1. The monoisotopic (exact) mass is 388 g/mol. The highest BCUT2D eigenvalue weighted by molar-refractivity contribution is 5.91. The number of carbonyl (C=O) groups is 2. The summed E-state index contributed by atoms with van der Waals surface area (Å²) in [6.45, 7) is 12.7. The minimum atomic E-state index is -0.474. The van der Waals surface area contributed by atoms with Crippen LogP contribution in [0.3, 0.4) is 0 Å². The number of anilines is 1. The zero-order chi connectivity index (χ0) is 20.6. The van der Waals surface area contributed by atoms with Gasteiger partial charge in [-0.3, -0.25) is 4.79 Å². The summed E-state index contributed by atoms with van der Waals surface area (Å²) in [5.74, 6) is 1.11. The molecule has 3 rings (SSSR count). The molecule has 0 aliphatic carbocycles. The van der Waals surface area contributed by atoms with Crippen LogP contribution >= 0.6 is 0 Å². The summed E-state index contributed by atoms with van der Waals surface area (Å²) in [7, 11) is 0. The van der Waals surface area contributed by atoms with Crippen molar-refractivity contribution in [2.45, 2.75) is 78.4 Å². The van der Waals surface area contributed by atoms with Gasteiger partial charge in [-0.2, -0.15) is 0 Å². The molecule has 2 amide bonds. The standard InChI is InChI=1S/C22H32N2O4/c1-13-11-18(23-15(3)25)20-17(12-14(2)27-20)19(13)16-7-9-24(10-8-16)21(26)28-22(4,5)6/h11,14,16H,7-10,12H2,1-6H3,(H,23,25). The van der Waals surface area contributed by atoms with E-state index in [9.17, 15) is 9.59 Å². The van der Waals surface area contributed by atoms with Gasteiger partial charge in [0.05, 0.1) is 5.69 Å². The van der Waals surface area contributed by atoms with Crippen molar-refractivity contribution >= 4 is 17.7 Å². The molecule has 1 fully saturated rings. The fourth-order valence-corrected chi connectivity index (χ4v) is 4.28. The number of aryl methyl sites for hydroxylation is 1. The van der Waals surface area contributed by atoms with Crippen molar-refractivity contribution in [2.75, 3.05) is 18.4 Å². The van der Waals surface area contributed by atoms with E-state index in [2.05, 4.69) is 19.2 Å². The van der Waals surface area contributed by atoms with Gasteiger partial charge in [0.25, 0.3) is 0 Å². The number of likely N-dealkylation sites (tertiary alicyclic amines) is 1. The molecule has 0 saturated carbocycles. The van der Waals surface area contributed by atoms with E-state index in [1.165, 1.54) is 23.6 Å². The van der Waals surface area contributed by atoms with Crippen LogP contribution in [0.25, 0.3) is 0 Å². The molecule has 1 aromatic rings. The lowest BCUT2D eigenvalue weighted by atomic mass is 9.82. The highest BCUT2D eigenvalue weighted by atomic mass is 16.6.